The number of nitrogens with zero attached hydrogens (tertiary/aromatic N) is 2. The normalized spacial score (nSPS) is 33.6. The highest BCUT2D eigenvalue weighted by atomic mass is 35.5. The van der Waals surface area contributed by atoms with Crippen molar-refractivity contribution in [3.05, 3.63) is 28.3 Å². The van der Waals surface area contributed by atoms with Gasteiger partial charge in [-0.1, -0.05) is 20.8 Å². The van der Waals surface area contributed by atoms with Crippen LogP contribution in [-0.2, 0) is 31.0 Å². The van der Waals surface area contributed by atoms with Gasteiger partial charge in [0.25, 0.3) is 5.24 Å². The molecule has 12 nitrogen and oxygen atoms in total. The molecule has 1 aromatic rings. The zero-order valence-corrected chi connectivity index (χ0v) is 23.4. The zero-order chi connectivity index (χ0) is 30.5. The number of hydrogen-bond acceptors (Lipinski definition) is 11. The topological polar surface area (TPSA) is 228 Å². The molecule has 6 atom stereocenters. The lowest BCUT2D eigenvalue weighted by Gasteiger charge is -2.60. The summed E-state index contributed by atoms with van der Waals surface area (Å²) in [6.07, 6.45) is -0.961. The third-order valence-electron chi connectivity index (χ3n) is 8.61. The smallest absolute Gasteiger partial charge is 0.252 e. The second-order valence-corrected chi connectivity index (χ2v) is 12.7. The number of nitrogens with two attached hydrogens (primary N) is 3. The van der Waals surface area contributed by atoms with E-state index in [1.165, 1.54) is 25.1 Å². The molecule has 40 heavy (non-hydrogen) atoms. The summed E-state index contributed by atoms with van der Waals surface area (Å²) in [5.41, 5.74) is 10.8. The molecule has 0 spiro atoms. The number of benzene rings is 1. The minimum atomic E-state index is -2.85. The van der Waals surface area contributed by atoms with Gasteiger partial charge in [-0.3, -0.25) is 33.7 Å². The number of primary amides is 1. The average Bonchev–Trinajstić information content (AvgIpc) is 2.76. The molecule has 0 heterocycles. The first kappa shape index (κ1) is 29.5. The van der Waals surface area contributed by atoms with Gasteiger partial charge in [0.2, 0.25) is 5.91 Å². The van der Waals surface area contributed by atoms with Gasteiger partial charge in [-0.15, -0.1) is 0 Å². The number of halogens is 1. The number of nitriles is 1. The van der Waals surface area contributed by atoms with Gasteiger partial charge < -0.3 is 22.3 Å². The van der Waals surface area contributed by atoms with Gasteiger partial charge in [0.1, 0.15) is 11.7 Å². The molecule has 3 aliphatic carbocycles. The molecular weight excluding hydrogens is 542 g/mol. The first-order valence-electron chi connectivity index (χ1n) is 12.4. The Kier molecular flexibility index (Phi) is 6.45. The highest BCUT2D eigenvalue weighted by Gasteiger charge is 2.78. The Morgan fingerprint density at radius 2 is 1.73 bits per heavy atom. The van der Waals surface area contributed by atoms with E-state index in [0.29, 0.717) is 0 Å². The molecular formula is C27H30ClN5O7. The Hall–Kier alpha value is -3.50. The summed E-state index contributed by atoms with van der Waals surface area (Å²) < 4.78 is 0. The average molecular weight is 572 g/mol. The van der Waals surface area contributed by atoms with Crippen LogP contribution in [0.5, 0.6) is 5.75 Å². The molecule has 0 aromatic heterocycles. The number of ketones is 4. The SMILES string of the molecule is CN(C)[C@@H]1C(=O)C(C(N)=O)C(=O)[C@@]2(C#N)C(=O)C3C(=O)c4c(O)c(C(C)(C)C)cc(C(=O)Cl)c4C[C@@]3(N)C[C@@]12N. The van der Waals surface area contributed by atoms with Gasteiger partial charge in [-0.05, 0) is 55.6 Å². The van der Waals surface area contributed by atoms with E-state index in [2.05, 4.69) is 0 Å². The largest absolute Gasteiger partial charge is 0.507 e. The number of carbonyl (C=O) groups excluding carboxylic acids is 6. The minimum absolute atomic E-state index is 0.0139. The molecule has 1 amide bonds. The predicted molar refractivity (Wildman–Crippen MR) is 140 cm³/mol. The lowest BCUT2D eigenvalue weighted by Crippen LogP contribution is -2.85. The molecule has 212 valence electrons. The van der Waals surface area contributed by atoms with Crippen LogP contribution < -0.4 is 17.2 Å². The number of hydrogen-bond donors (Lipinski definition) is 4. The van der Waals surface area contributed by atoms with Crippen LogP contribution in [0.4, 0.5) is 0 Å². The number of rotatable bonds is 3. The Balaban J connectivity index is 2.08. The molecule has 4 rings (SSSR count). The monoisotopic (exact) mass is 571 g/mol. The summed E-state index contributed by atoms with van der Waals surface area (Å²) in [5, 5.41) is 20.7. The molecule has 0 radical (unpaired) electrons. The summed E-state index contributed by atoms with van der Waals surface area (Å²) >= 11 is 5.90. The Bertz CT molecular complexity index is 1490. The fraction of sp³-hybridized carbons (Fsp3) is 0.519. The Labute approximate surface area is 234 Å². The number of aromatic hydroxyl groups is 1. The summed E-state index contributed by atoms with van der Waals surface area (Å²) in [5.74, 6) is -10.7. The summed E-state index contributed by atoms with van der Waals surface area (Å²) in [6, 6.07) is 1.48. The highest BCUT2D eigenvalue weighted by Crippen LogP contribution is 2.57. The number of fused-ring (bicyclic) bond motifs is 3. The van der Waals surface area contributed by atoms with E-state index < -0.39 is 86.2 Å². The van der Waals surface area contributed by atoms with Crippen LogP contribution in [0.3, 0.4) is 0 Å². The predicted octanol–water partition coefficient (Wildman–Crippen LogP) is -0.515. The van der Waals surface area contributed by atoms with Crippen molar-refractivity contribution in [2.75, 3.05) is 14.1 Å². The maximum Gasteiger partial charge on any atom is 0.252 e. The summed E-state index contributed by atoms with van der Waals surface area (Å²) in [4.78, 5) is 81.7. The van der Waals surface area contributed by atoms with Crippen LogP contribution in [0.1, 0.15) is 59.0 Å². The molecule has 2 fully saturated rings. The van der Waals surface area contributed by atoms with Crippen LogP contribution >= 0.6 is 11.6 Å². The molecule has 2 unspecified atom stereocenters. The first-order valence-corrected chi connectivity index (χ1v) is 12.8. The van der Waals surface area contributed by atoms with E-state index in [1.54, 1.807) is 26.8 Å². The molecule has 3 aliphatic rings. The van der Waals surface area contributed by atoms with Crippen molar-refractivity contribution in [1.29, 1.82) is 5.26 Å². The lowest BCUT2D eigenvalue weighted by molar-refractivity contribution is -0.166. The number of phenolic OH excluding ortho intramolecular Hbond substituents is 1. The number of likely N-dealkylation sites (N-methyl/N-ethyl adjacent to an activating group) is 1. The van der Waals surface area contributed by atoms with E-state index in [0.717, 1.165) is 0 Å². The van der Waals surface area contributed by atoms with Crippen LogP contribution in [-0.4, -0.2) is 75.5 Å². The second-order valence-electron chi connectivity index (χ2n) is 12.3. The maximum atomic E-state index is 14.4. The number of Topliss-reactive ketones (excluding diaryl/α,β-unsaturated/α-hetero) is 4. The van der Waals surface area contributed by atoms with E-state index in [1.807, 2.05) is 0 Å². The van der Waals surface area contributed by atoms with Crippen LogP contribution in [0, 0.1) is 28.6 Å². The van der Waals surface area contributed by atoms with E-state index in [-0.39, 0.29) is 28.7 Å². The van der Waals surface area contributed by atoms with Crippen molar-refractivity contribution >= 4 is 45.9 Å². The highest BCUT2D eigenvalue weighted by molar-refractivity contribution is 6.68. The zero-order valence-electron chi connectivity index (χ0n) is 22.6. The van der Waals surface area contributed by atoms with Crippen molar-refractivity contribution in [2.45, 2.75) is 56.1 Å². The van der Waals surface area contributed by atoms with E-state index >= 15 is 0 Å². The summed E-state index contributed by atoms with van der Waals surface area (Å²) in [6.45, 7) is 5.17. The molecule has 1 aromatic carbocycles. The standard InChI is InChI=1S/C27H30ClN5O7/c1-24(2,3)12-6-10(22(28)39)11-7-25(31)8-27(32)19(33(4)5)18(36)14(23(30)40)20(37)26(27,9-29)21(38)15(25)17(35)13(11)16(12)34/h6,14-15,19,34H,7-8,31-32H2,1-5H3,(H2,30,40)/t14?,15?,19-,25-,26+,27-/m1/s1. The van der Waals surface area contributed by atoms with Crippen molar-refractivity contribution in [3.63, 3.8) is 0 Å². The van der Waals surface area contributed by atoms with Crippen molar-refractivity contribution in [1.82, 2.24) is 4.90 Å². The van der Waals surface area contributed by atoms with Gasteiger partial charge in [0, 0.05) is 16.7 Å². The van der Waals surface area contributed by atoms with Gasteiger partial charge in [0.15, 0.2) is 34.5 Å². The van der Waals surface area contributed by atoms with E-state index in [9.17, 15) is 39.1 Å². The molecule has 2 saturated carbocycles. The lowest BCUT2D eigenvalue weighted by atomic mass is 9.42. The quantitative estimate of drug-likeness (QED) is 0.266. The van der Waals surface area contributed by atoms with Crippen LogP contribution in [0.15, 0.2) is 6.07 Å². The van der Waals surface area contributed by atoms with Crippen LogP contribution in [0.25, 0.3) is 0 Å². The number of carbonyl (C=O) groups is 6. The molecule has 7 N–H and O–H groups in total. The first-order chi connectivity index (χ1) is 18.2. The minimum Gasteiger partial charge on any atom is -0.507 e. The molecule has 0 saturated heterocycles. The van der Waals surface area contributed by atoms with Gasteiger partial charge in [-0.25, -0.2) is 0 Å². The Morgan fingerprint density at radius 3 is 2.17 bits per heavy atom. The van der Waals surface area contributed by atoms with Crippen molar-refractivity contribution in [2.24, 2.45) is 34.5 Å². The van der Waals surface area contributed by atoms with Crippen molar-refractivity contribution in [3.8, 4) is 11.8 Å². The molecule has 13 heteroatoms. The fourth-order valence-corrected chi connectivity index (χ4v) is 7.19. The van der Waals surface area contributed by atoms with Gasteiger partial charge >= 0.3 is 0 Å². The maximum absolute atomic E-state index is 14.4. The molecule has 0 bridgehead atoms. The Morgan fingerprint density at radius 1 is 1.15 bits per heavy atom. The third-order valence-corrected chi connectivity index (χ3v) is 8.81. The van der Waals surface area contributed by atoms with Gasteiger partial charge in [-0.2, -0.15) is 5.26 Å². The van der Waals surface area contributed by atoms with Gasteiger partial charge in [0.05, 0.1) is 23.2 Å². The third kappa shape index (κ3) is 3.48. The number of amides is 1. The second kappa shape index (κ2) is 8.75. The van der Waals surface area contributed by atoms with Crippen LogP contribution in [0.2, 0.25) is 0 Å². The fourth-order valence-electron chi connectivity index (χ4n) is 7.02. The number of phenols is 1. The van der Waals surface area contributed by atoms with Crippen molar-refractivity contribution < 1.29 is 33.9 Å². The van der Waals surface area contributed by atoms with E-state index in [4.69, 9.17) is 28.8 Å². The molecule has 0 aliphatic heterocycles. The summed E-state index contributed by atoms with van der Waals surface area (Å²) in [7, 11) is 2.81.